The Morgan fingerprint density at radius 2 is 1.56 bits per heavy atom. The summed E-state index contributed by atoms with van der Waals surface area (Å²) in [5.41, 5.74) is -0.0372. The van der Waals surface area contributed by atoms with Crippen LogP contribution < -0.4 is 0 Å². The smallest absolute Gasteiger partial charge is 0.223 e. The summed E-state index contributed by atoms with van der Waals surface area (Å²) in [7, 11) is 0. The highest BCUT2D eigenvalue weighted by Crippen LogP contribution is 2.37. The molecule has 2 nitrogen and oxygen atoms in total. The van der Waals surface area contributed by atoms with Crippen molar-refractivity contribution in [2.45, 2.75) is 66.8 Å². The maximum atomic E-state index is 12.5. The first-order valence-electron chi connectivity index (χ1n) is 7.45. The normalized spacial score (nSPS) is 26.9. The quantitative estimate of drug-likeness (QED) is 0.729. The summed E-state index contributed by atoms with van der Waals surface area (Å²) in [6.07, 6.45) is 1.89. The zero-order valence-corrected chi connectivity index (χ0v) is 13.3. The number of carbonyl (C=O) groups excluding carboxylic acids is 1. The van der Waals surface area contributed by atoms with Crippen LogP contribution in [0.2, 0.25) is 0 Å². The van der Waals surface area contributed by atoms with Crippen LogP contribution in [0.15, 0.2) is 0 Å². The van der Waals surface area contributed by atoms with Crippen LogP contribution in [0.1, 0.15) is 61.3 Å². The fraction of sp³-hybridized carbons (Fsp3) is 0.938. The first kappa shape index (κ1) is 15.5. The highest BCUT2D eigenvalue weighted by atomic mass is 16.2. The van der Waals surface area contributed by atoms with Crippen molar-refractivity contribution in [1.29, 1.82) is 0 Å². The zero-order valence-electron chi connectivity index (χ0n) is 13.3. The first-order chi connectivity index (χ1) is 8.14. The third-order valence-corrected chi connectivity index (χ3v) is 4.47. The lowest BCUT2D eigenvalue weighted by molar-refractivity contribution is -0.136. The van der Waals surface area contributed by atoms with Gasteiger partial charge in [-0.25, -0.2) is 0 Å². The zero-order chi connectivity index (χ0) is 14.1. The van der Waals surface area contributed by atoms with Gasteiger partial charge in [0, 0.05) is 18.5 Å². The van der Waals surface area contributed by atoms with Gasteiger partial charge in [0.1, 0.15) is 0 Å². The van der Waals surface area contributed by atoms with Gasteiger partial charge in [-0.15, -0.1) is 0 Å². The lowest BCUT2D eigenvalue weighted by Gasteiger charge is -2.35. The number of rotatable bonds is 2. The Morgan fingerprint density at radius 3 is 1.94 bits per heavy atom. The predicted octanol–water partition coefficient (Wildman–Crippen LogP) is 3.95. The van der Waals surface area contributed by atoms with E-state index >= 15 is 0 Å². The molecule has 0 aliphatic carbocycles. The number of carbonyl (C=O) groups is 1. The molecular formula is C16H31NO. The molecule has 0 aromatic heterocycles. The Morgan fingerprint density at radius 1 is 1.06 bits per heavy atom. The Kier molecular flexibility index (Phi) is 4.85. The van der Waals surface area contributed by atoms with E-state index in [0.717, 1.165) is 19.4 Å². The van der Waals surface area contributed by atoms with Crippen LogP contribution in [0.4, 0.5) is 0 Å². The van der Waals surface area contributed by atoms with E-state index in [-0.39, 0.29) is 5.54 Å². The highest BCUT2D eigenvalue weighted by molar-refractivity contribution is 5.77. The summed E-state index contributed by atoms with van der Waals surface area (Å²) in [4.78, 5) is 14.6. The van der Waals surface area contributed by atoms with E-state index < -0.39 is 0 Å². The maximum Gasteiger partial charge on any atom is 0.223 e. The average molecular weight is 253 g/mol. The van der Waals surface area contributed by atoms with Crippen LogP contribution in [0.5, 0.6) is 0 Å². The minimum Gasteiger partial charge on any atom is -0.338 e. The molecule has 2 heteroatoms. The van der Waals surface area contributed by atoms with E-state index in [9.17, 15) is 4.79 Å². The fourth-order valence-corrected chi connectivity index (χ4v) is 3.35. The number of likely N-dealkylation sites (tertiary alicyclic amines) is 1. The van der Waals surface area contributed by atoms with Crippen LogP contribution in [0.3, 0.4) is 0 Å². The average Bonchev–Trinajstić information content (AvgIpc) is 2.35. The standard InChI is InChI=1S/C16H31NO/c1-11(2)13-8-9-17(16(5,6)7)15(18)10-14(13)12(3)4/h11-14H,8-10H2,1-7H3. The molecule has 1 fully saturated rings. The van der Waals surface area contributed by atoms with E-state index in [4.69, 9.17) is 0 Å². The van der Waals surface area contributed by atoms with Crippen LogP contribution >= 0.6 is 0 Å². The predicted molar refractivity (Wildman–Crippen MR) is 77.4 cm³/mol. The highest BCUT2D eigenvalue weighted by Gasteiger charge is 2.37. The molecule has 0 radical (unpaired) electrons. The summed E-state index contributed by atoms with van der Waals surface area (Å²) in [5, 5.41) is 0. The van der Waals surface area contributed by atoms with E-state index in [0.29, 0.717) is 29.6 Å². The van der Waals surface area contributed by atoms with Gasteiger partial charge in [0.25, 0.3) is 0 Å². The summed E-state index contributed by atoms with van der Waals surface area (Å²) >= 11 is 0. The second-order valence-corrected chi connectivity index (χ2v) is 7.52. The minimum atomic E-state index is -0.0372. The topological polar surface area (TPSA) is 20.3 Å². The van der Waals surface area contributed by atoms with E-state index in [2.05, 4.69) is 53.4 Å². The number of nitrogens with zero attached hydrogens (tertiary/aromatic N) is 1. The number of hydrogen-bond acceptors (Lipinski definition) is 1. The van der Waals surface area contributed by atoms with E-state index in [1.165, 1.54) is 0 Å². The molecular weight excluding hydrogens is 222 g/mol. The third kappa shape index (κ3) is 3.49. The van der Waals surface area contributed by atoms with Crippen molar-refractivity contribution in [3.63, 3.8) is 0 Å². The molecule has 1 aliphatic heterocycles. The van der Waals surface area contributed by atoms with Crippen molar-refractivity contribution in [2.75, 3.05) is 6.54 Å². The molecule has 0 spiro atoms. The maximum absolute atomic E-state index is 12.5. The molecule has 2 atom stereocenters. The van der Waals surface area contributed by atoms with Gasteiger partial charge in [-0.3, -0.25) is 4.79 Å². The Hall–Kier alpha value is -0.530. The first-order valence-corrected chi connectivity index (χ1v) is 7.45. The summed E-state index contributed by atoms with van der Waals surface area (Å²) in [6.45, 7) is 16.5. The monoisotopic (exact) mass is 253 g/mol. The van der Waals surface area contributed by atoms with E-state index in [1.54, 1.807) is 0 Å². The molecule has 1 heterocycles. The lowest BCUT2D eigenvalue weighted by Crippen LogP contribution is -2.45. The van der Waals surface area contributed by atoms with Gasteiger partial charge in [-0.05, 0) is 50.9 Å². The largest absolute Gasteiger partial charge is 0.338 e. The van der Waals surface area contributed by atoms with Gasteiger partial charge in [0.2, 0.25) is 5.91 Å². The second-order valence-electron chi connectivity index (χ2n) is 7.52. The molecule has 2 unspecified atom stereocenters. The third-order valence-electron chi connectivity index (χ3n) is 4.47. The van der Waals surface area contributed by atoms with Gasteiger partial charge in [-0.2, -0.15) is 0 Å². The van der Waals surface area contributed by atoms with Gasteiger partial charge < -0.3 is 4.90 Å². The Labute approximate surface area is 113 Å². The van der Waals surface area contributed by atoms with Crippen molar-refractivity contribution in [1.82, 2.24) is 4.90 Å². The number of hydrogen-bond donors (Lipinski definition) is 0. The van der Waals surface area contributed by atoms with Gasteiger partial charge in [0.05, 0.1) is 0 Å². The molecule has 0 N–H and O–H groups in total. The van der Waals surface area contributed by atoms with Crippen molar-refractivity contribution < 1.29 is 4.79 Å². The molecule has 0 saturated carbocycles. The molecule has 1 aliphatic rings. The minimum absolute atomic E-state index is 0.0372. The van der Waals surface area contributed by atoms with Gasteiger partial charge in [-0.1, -0.05) is 27.7 Å². The lowest BCUT2D eigenvalue weighted by atomic mass is 9.74. The summed E-state index contributed by atoms with van der Waals surface area (Å²) < 4.78 is 0. The van der Waals surface area contributed by atoms with Crippen molar-refractivity contribution in [3.8, 4) is 0 Å². The number of amides is 1. The second kappa shape index (κ2) is 5.63. The molecule has 1 amide bonds. The van der Waals surface area contributed by atoms with Crippen molar-refractivity contribution in [2.24, 2.45) is 23.7 Å². The molecule has 1 rings (SSSR count). The van der Waals surface area contributed by atoms with Crippen LogP contribution in [-0.2, 0) is 4.79 Å². The van der Waals surface area contributed by atoms with Crippen LogP contribution in [0, 0.1) is 23.7 Å². The van der Waals surface area contributed by atoms with Gasteiger partial charge in [0.15, 0.2) is 0 Å². The summed E-state index contributed by atoms with van der Waals surface area (Å²) in [6, 6.07) is 0. The molecule has 0 aromatic carbocycles. The summed E-state index contributed by atoms with van der Waals surface area (Å²) in [5.74, 6) is 2.85. The molecule has 1 saturated heterocycles. The Balaban J connectivity index is 2.94. The van der Waals surface area contributed by atoms with Crippen molar-refractivity contribution >= 4 is 5.91 Å². The fourth-order valence-electron chi connectivity index (χ4n) is 3.35. The molecule has 0 bridgehead atoms. The van der Waals surface area contributed by atoms with Crippen LogP contribution in [0.25, 0.3) is 0 Å². The SMILES string of the molecule is CC(C)C1CCN(C(C)(C)C)C(=O)CC1C(C)C. The van der Waals surface area contributed by atoms with Crippen LogP contribution in [-0.4, -0.2) is 22.9 Å². The molecule has 18 heavy (non-hydrogen) atoms. The molecule has 0 aromatic rings. The van der Waals surface area contributed by atoms with Crippen molar-refractivity contribution in [3.05, 3.63) is 0 Å². The Bertz CT molecular complexity index is 288. The van der Waals surface area contributed by atoms with Gasteiger partial charge >= 0.3 is 0 Å². The van der Waals surface area contributed by atoms with E-state index in [1.807, 2.05) is 0 Å². The molecule has 106 valence electrons.